The zero-order valence-electron chi connectivity index (χ0n) is 23.0. The Morgan fingerprint density at radius 2 is 1.17 bits per heavy atom. The third kappa shape index (κ3) is 2.80. The summed E-state index contributed by atoms with van der Waals surface area (Å²) in [6, 6.07) is 41.8. The number of pyridine rings is 1. The molecule has 194 valence electrons. The topological polar surface area (TPSA) is 22.8 Å². The zero-order valence-corrected chi connectivity index (χ0v) is 23.0. The first-order valence-corrected chi connectivity index (χ1v) is 14.2. The molecule has 0 atom stereocenters. The normalized spacial score (nSPS) is 13.8. The lowest BCUT2D eigenvalue weighted by Crippen LogP contribution is -2.15. The molecule has 3 nitrogen and oxygen atoms in total. The highest BCUT2D eigenvalue weighted by Gasteiger charge is 2.41. The van der Waals surface area contributed by atoms with Gasteiger partial charge >= 0.3 is 0 Å². The summed E-state index contributed by atoms with van der Waals surface area (Å²) in [5, 5.41) is 5.16. The molecule has 0 unspecified atom stereocenters. The molecule has 0 fully saturated rings. The van der Waals surface area contributed by atoms with Crippen LogP contribution in [-0.2, 0) is 5.41 Å². The van der Waals surface area contributed by atoms with Gasteiger partial charge < -0.3 is 9.13 Å². The number of nitrogens with zero attached hydrogens (tertiary/aromatic N) is 3. The monoisotopic (exact) mass is 525 g/mol. The summed E-state index contributed by atoms with van der Waals surface area (Å²) in [7, 11) is 0. The fourth-order valence-corrected chi connectivity index (χ4v) is 7.56. The lowest BCUT2D eigenvalue weighted by molar-refractivity contribution is 0.667. The second kappa shape index (κ2) is 7.96. The van der Waals surface area contributed by atoms with Crippen molar-refractivity contribution in [3.8, 4) is 22.5 Å². The minimum Gasteiger partial charge on any atom is -0.309 e. The first-order chi connectivity index (χ1) is 20.2. The SMILES string of the molecule is CC1(C)c2ccccc2-c2c1c1c3ccccc3n(-c3cccnc3)c1c1c3ccccc3n(-c3ccccc3)c21. The Morgan fingerprint density at radius 1 is 0.561 bits per heavy atom. The maximum Gasteiger partial charge on any atom is 0.0645 e. The van der Waals surface area contributed by atoms with Crippen molar-refractivity contribution < 1.29 is 0 Å². The molecule has 1 aliphatic carbocycles. The van der Waals surface area contributed by atoms with Gasteiger partial charge in [-0.3, -0.25) is 4.98 Å². The Bertz CT molecular complexity index is 2320. The van der Waals surface area contributed by atoms with Crippen LogP contribution in [0.2, 0.25) is 0 Å². The van der Waals surface area contributed by atoms with Gasteiger partial charge in [0.15, 0.2) is 0 Å². The van der Waals surface area contributed by atoms with Crippen LogP contribution in [0.25, 0.3) is 66.1 Å². The first-order valence-electron chi connectivity index (χ1n) is 14.2. The minimum atomic E-state index is -0.180. The van der Waals surface area contributed by atoms with Gasteiger partial charge in [0.2, 0.25) is 0 Å². The average molecular weight is 526 g/mol. The molecule has 8 aromatic rings. The Morgan fingerprint density at radius 3 is 1.90 bits per heavy atom. The molecule has 41 heavy (non-hydrogen) atoms. The fourth-order valence-electron chi connectivity index (χ4n) is 7.56. The summed E-state index contributed by atoms with van der Waals surface area (Å²) >= 11 is 0. The highest BCUT2D eigenvalue weighted by molar-refractivity contribution is 6.31. The largest absolute Gasteiger partial charge is 0.309 e. The van der Waals surface area contributed by atoms with Gasteiger partial charge in [0.05, 0.1) is 34.0 Å². The number of fused-ring (bicyclic) bond motifs is 12. The van der Waals surface area contributed by atoms with Gasteiger partial charge in [-0.15, -0.1) is 0 Å². The molecule has 0 spiro atoms. The summed E-state index contributed by atoms with van der Waals surface area (Å²) in [5.41, 5.74) is 12.5. The van der Waals surface area contributed by atoms with E-state index < -0.39 is 0 Å². The Labute approximate surface area is 237 Å². The highest BCUT2D eigenvalue weighted by Crippen LogP contribution is 2.58. The van der Waals surface area contributed by atoms with Crippen LogP contribution in [0.3, 0.4) is 0 Å². The summed E-state index contributed by atoms with van der Waals surface area (Å²) in [4.78, 5) is 4.56. The van der Waals surface area contributed by atoms with Crippen LogP contribution >= 0.6 is 0 Å². The van der Waals surface area contributed by atoms with Gasteiger partial charge in [-0.1, -0.05) is 92.7 Å². The molecule has 3 aromatic heterocycles. The van der Waals surface area contributed by atoms with E-state index in [4.69, 9.17) is 0 Å². The van der Waals surface area contributed by atoms with E-state index in [1.54, 1.807) is 0 Å². The van der Waals surface area contributed by atoms with Crippen LogP contribution in [-0.4, -0.2) is 14.1 Å². The number of para-hydroxylation sites is 3. The first kappa shape index (κ1) is 22.6. The van der Waals surface area contributed by atoms with E-state index in [1.165, 1.54) is 71.6 Å². The molecule has 0 saturated heterocycles. The van der Waals surface area contributed by atoms with E-state index in [0.717, 1.165) is 5.69 Å². The molecule has 0 aliphatic heterocycles. The van der Waals surface area contributed by atoms with Crippen molar-refractivity contribution in [1.29, 1.82) is 0 Å². The molecule has 0 N–H and O–H groups in total. The van der Waals surface area contributed by atoms with Gasteiger partial charge in [-0.2, -0.15) is 0 Å². The highest BCUT2D eigenvalue weighted by atomic mass is 15.0. The molecular formula is C38H27N3. The van der Waals surface area contributed by atoms with Crippen LogP contribution in [0.5, 0.6) is 0 Å². The van der Waals surface area contributed by atoms with Gasteiger partial charge in [0.25, 0.3) is 0 Å². The summed E-state index contributed by atoms with van der Waals surface area (Å²) in [6.45, 7) is 4.79. The van der Waals surface area contributed by atoms with Crippen molar-refractivity contribution in [3.63, 3.8) is 0 Å². The van der Waals surface area contributed by atoms with Crippen molar-refractivity contribution in [2.75, 3.05) is 0 Å². The molecule has 0 amide bonds. The van der Waals surface area contributed by atoms with Gasteiger partial charge in [-0.05, 0) is 53.1 Å². The molecule has 9 rings (SSSR count). The van der Waals surface area contributed by atoms with Gasteiger partial charge in [-0.25, -0.2) is 0 Å². The van der Waals surface area contributed by atoms with Crippen molar-refractivity contribution in [3.05, 3.63) is 139 Å². The summed E-state index contributed by atoms with van der Waals surface area (Å²) < 4.78 is 4.94. The number of hydrogen-bond donors (Lipinski definition) is 0. The van der Waals surface area contributed by atoms with Crippen molar-refractivity contribution in [1.82, 2.24) is 14.1 Å². The lowest BCUT2D eigenvalue weighted by Gasteiger charge is -2.23. The molecule has 0 saturated carbocycles. The summed E-state index contributed by atoms with van der Waals surface area (Å²) in [5.74, 6) is 0. The molecule has 1 aliphatic rings. The molecular weight excluding hydrogens is 498 g/mol. The third-order valence-electron chi connectivity index (χ3n) is 9.14. The molecule has 3 heterocycles. The molecule has 0 bridgehead atoms. The summed E-state index contributed by atoms with van der Waals surface area (Å²) in [6.07, 6.45) is 3.84. The maximum absolute atomic E-state index is 4.56. The minimum absolute atomic E-state index is 0.180. The van der Waals surface area contributed by atoms with Crippen LogP contribution in [0.15, 0.2) is 128 Å². The third-order valence-corrected chi connectivity index (χ3v) is 9.14. The predicted molar refractivity (Wildman–Crippen MR) is 170 cm³/mol. The van der Waals surface area contributed by atoms with E-state index in [-0.39, 0.29) is 5.41 Å². The van der Waals surface area contributed by atoms with Crippen LogP contribution in [0.4, 0.5) is 0 Å². The smallest absolute Gasteiger partial charge is 0.0645 e. The Kier molecular flexibility index (Phi) is 4.39. The van der Waals surface area contributed by atoms with E-state index in [1.807, 2.05) is 18.5 Å². The van der Waals surface area contributed by atoms with Crippen LogP contribution < -0.4 is 0 Å². The van der Waals surface area contributed by atoms with Crippen molar-refractivity contribution in [2.24, 2.45) is 0 Å². The van der Waals surface area contributed by atoms with Crippen LogP contribution in [0.1, 0.15) is 25.0 Å². The second-order valence-corrected chi connectivity index (χ2v) is 11.6. The number of aromatic nitrogens is 3. The van der Waals surface area contributed by atoms with E-state index in [2.05, 4.69) is 137 Å². The van der Waals surface area contributed by atoms with Crippen LogP contribution in [0, 0.1) is 0 Å². The molecule has 3 heteroatoms. The average Bonchev–Trinajstić information content (AvgIpc) is 3.62. The number of rotatable bonds is 2. The maximum atomic E-state index is 4.56. The van der Waals surface area contributed by atoms with E-state index in [0.29, 0.717) is 0 Å². The predicted octanol–water partition coefficient (Wildman–Crippen LogP) is 9.58. The van der Waals surface area contributed by atoms with Gasteiger partial charge in [0, 0.05) is 44.4 Å². The standard InChI is InChI=1S/C38H27N3/c1-38(2)29-19-9-6-16-26(29)32-35(38)33-27-17-7-10-20-30(27)41(25-15-12-22-39-23-25)37(33)34-28-18-8-11-21-31(28)40(36(32)34)24-13-4-3-5-14-24/h3-23H,1-2H3. The lowest BCUT2D eigenvalue weighted by atomic mass is 9.80. The molecule has 5 aromatic carbocycles. The fraction of sp³-hybridized carbons (Fsp3) is 0.0789. The quantitative estimate of drug-likeness (QED) is 0.220. The zero-order chi connectivity index (χ0) is 27.3. The second-order valence-electron chi connectivity index (χ2n) is 11.6. The Balaban J connectivity index is 1.68. The number of hydrogen-bond acceptors (Lipinski definition) is 1. The van der Waals surface area contributed by atoms with E-state index >= 15 is 0 Å². The van der Waals surface area contributed by atoms with Crippen molar-refractivity contribution in [2.45, 2.75) is 19.3 Å². The van der Waals surface area contributed by atoms with Crippen molar-refractivity contribution >= 4 is 43.6 Å². The van der Waals surface area contributed by atoms with Gasteiger partial charge in [0.1, 0.15) is 0 Å². The van der Waals surface area contributed by atoms with E-state index in [9.17, 15) is 0 Å². The Hall–Kier alpha value is -5.15. The molecule has 0 radical (unpaired) electrons. The number of benzene rings is 5.